The van der Waals surface area contributed by atoms with Crippen LogP contribution in [0.25, 0.3) is 1.43 Å². The fraction of sp³-hybridized carbons (Fsp3) is 0.857. The van der Waals surface area contributed by atoms with E-state index in [1.54, 1.807) is 0 Å². The topological polar surface area (TPSA) is 60.8 Å². The van der Waals surface area contributed by atoms with E-state index >= 15 is 0 Å². The Balaban J connectivity index is 0. The molecule has 0 aromatic carbocycles. The van der Waals surface area contributed by atoms with Gasteiger partial charge in [0.15, 0.2) is 0 Å². The van der Waals surface area contributed by atoms with Crippen molar-refractivity contribution in [2.24, 2.45) is 0 Å². The first kappa shape index (κ1) is 10.2. The molecule has 0 aliphatic carbocycles. The Morgan fingerprint density at radius 2 is 1.64 bits per heavy atom. The van der Waals surface area contributed by atoms with Crippen LogP contribution in [0.5, 0.6) is 0 Å². The van der Waals surface area contributed by atoms with Crippen molar-refractivity contribution >= 4 is 6.16 Å². The van der Waals surface area contributed by atoms with E-state index in [2.05, 4.69) is 30.8 Å². The number of hydrogen-bond acceptors (Lipinski definition) is 3. The molecule has 0 rings (SSSR count). The third-order valence-corrected chi connectivity index (χ3v) is 1.34. The average molecular weight is 165 g/mol. The first-order chi connectivity index (χ1) is 5.62. The van der Waals surface area contributed by atoms with Gasteiger partial charge in [0.05, 0.1) is 0 Å². The van der Waals surface area contributed by atoms with E-state index in [1.807, 2.05) is 0 Å². The van der Waals surface area contributed by atoms with Gasteiger partial charge in [-0.25, -0.2) is 4.79 Å². The monoisotopic (exact) mass is 165 g/mol. The zero-order valence-corrected chi connectivity index (χ0v) is 7.33. The van der Waals surface area contributed by atoms with Crippen LogP contribution in [0.15, 0.2) is 0 Å². The molecule has 11 heavy (non-hydrogen) atoms. The van der Waals surface area contributed by atoms with Gasteiger partial charge in [-0.3, -0.25) is 0 Å². The first-order valence-corrected chi connectivity index (χ1v) is 3.70. The molecule has 0 atom stereocenters. The normalized spacial score (nSPS) is 9.64. The maximum absolute atomic E-state index is 8.96. The standard InChI is InChI=1S/C6H15N.CH2O3/c1-4-7(5-2)6-3;2-1(3)4/h4-6H2,1-3H3;(H2,2,3,4)/i/hT. The van der Waals surface area contributed by atoms with Crippen molar-refractivity contribution in [3.8, 4) is 0 Å². The average Bonchev–Trinajstić information content (AvgIpc) is 2.09. The lowest BCUT2D eigenvalue weighted by Crippen LogP contribution is -2.21. The summed E-state index contributed by atoms with van der Waals surface area (Å²) in [6.07, 6.45) is -1.58. The van der Waals surface area contributed by atoms with E-state index in [0.29, 0.717) is 0 Å². The molecule has 68 valence electrons. The molecule has 0 aromatic heterocycles. The van der Waals surface area contributed by atoms with E-state index in [1.165, 1.54) is 19.6 Å². The Labute approximate surface area is 68.9 Å². The highest BCUT2D eigenvalue weighted by Gasteiger charge is 1.89. The minimum absolute atomic E-state index is 1.19. The molecule has 0 amide bonds. The van der Waals surface area contributed by atoms with Gasteiger partial charge in [0.1, 0.15) is 0 Å². The lowest BCUT2D eigenvalue weighted by atomic mass is 10.5. The first-order valence-electron chi connectivity index (χ1n) is 4.11. The maximum atomic E-state index is 8.96. The third kappa shape index (κ3) is 17.6. The molecule has 0 bridgehead atoms. The van der Waals surface area contributed by atoms with Gasteiger partial charge in [-0.1, -0.05) is 20.8 Å². The van der Waals surface area contributed by atoms with E-state index in [0.717, 1.165) is 0 Å². The second-order valence-corrected chi connectivity index (χ2v) is 1.89. The van der Waals surface area contributed by atoms with Crippen LogP contribution in [0.4, 0.5) is 4.79 Å². The van der Waals surface area contributed by atoms with Crippen LogP contribution in [0.2, 0.25) is 0 Å². The van der Waals surface area contributed by atoms with Crippen molar-refractivity contribution in [2.45, 2.75) is 20.8 Å². The van der Waals surface area contributed by atoms with E-state index in [-0.39, 0.29) is 0 Å². The van der Waals surface area contributed by atoms with Gasteiger partial charge in [0, 0.05) is 0 Å². The Hall–Kier alpha value is -0.770. The maximum Gasteiger partial charge on any atom is 0.503 e. The Bertz CT molecular complexity index is 101. The number of carbonyl (C=O) groups is 1. The molecule has 0 spiro atoms. The molecule has 4 heteroatoms. The van der Waals surface area contributed by atoms with Gasteiger partial charge >= 0.3 is 7.59 Å². The van der Waals surface area contributed by atoms with Crippen molar-refractivity contribution in [3.05, 3.63) is 0 Å². The summed E-state index contributed by atoms with van der Waals surface area (Å²) >= 11 is 0. The fourth-order valence-corrected chi connectivity index (χ4v) is 0.671. The van der Waals surface area contributed by atoms with Crippen LogP contribution in [-0.2, 0) is 0 Å². The second kappa shape index (κ2) is 9.23. The molecule has 0 fully saturated rings. The van der Waals surface area contributed by atoms with Crippen molar-refractivity contribution in [3.63, 3.8) is 0 Å². The van der Waals surface area contributed by atoms with E-state index < -0.39 is 6.16 Å². The summed E-state index contributed by atoms with van der Waals surface area (Å²) in [5.74, 6) is 0. The van der Waals surface area contributed by atoms with Crippen molar-refractivity contribution in [2.75, 3.05) is 19.6 Å². The van der Waals surface area contributed by atoms with Crippen LogP contribution < -0.4 is 0 Å². The molecule has 0 saturated heterocycles. The van der Waals surface area contributed by atoms with Crippen LogP contribution in [-0.4, -0.2) is 40.9 Å². The minimum Gasteiger partial charge on any atom is -0.450 e. The number of nitrogens with zero attached hydrogens (tertiary/aromatic N) is 1. The molecule has 0 aromatic rings. The highest BCUT2D eigenvalue weighted by atomic mass is 16.6. The highest BCUT2D eigenvalue weighted by Crippen LogP contribution is 1.81. The molecule has 0 aliphatic heterocycles. The quantitative estimate of drug-likeness (QED) is 0.666. The van der Waals surface area contributed by atoms with Crippen LogP contribution in [0, 0.1) is 0 Å². The summed E-state index contributed by atoms with van der Waals surface area (Å²) in [4.78, 5) is 11.3. The van der Waals surface area contributed by atoms with Gasteiger partial charge in [-0.15, -0.1) is 0 Å². The Kier molecular flexibility index (Phi) is 8.58. The second-order valence-electron chi connectivity index (χ2n) is 1.89. The summed E-state index contributed by atoms with van der Waals surface area (Å²) in [7, 11) is 0. The fourth-order valence-electron chi connectivity index (χ4n) is 0.671. The summed E-state index contributed by atoms with van der Waals surface area (Å²) in [6, 6.07) is 0. The summed E-state index contributed by atoms with van der Waals surface area (Å²) in [6.45, 7) is 10.1. The lowest BCUT2D eigenvalue weighted by molar-refractivity contribution is 0.137. The van der Waals surface area contributed by atoms with Crippen molar-refractivity contribution in [1.82, 2.24) is 4.90 Å². The predicted octanol–water partition coefficient (Wildman–Crippen LogP) is 1.57. The van der Waals surface area contributed by atoms with Gasteiger partial charge in [-0.2, -0.15) is 0 Å². The molecule has 0 unspecified atom stereocenters. The largest absolute Gasteiger partial charge is 0.503 e. The Morgan fingerprint density at radius 3 is 1.64 bits per heavy atom. The highest BCUT2D eigenvalue weighted by molar-refractivity contribution is 5.53. The molecule has 0 aliphatic rings. The predicted molar refractivity (Wildman–Crippen MR) is 44.1 cm³/mol. The van der Waals surface area contributed by atoms with Gasteiger partial charge in [-0.05, 0) is 19.6 Å². The number of hydrogen-bond donors (Lipinski definition) is 2. The third-order valence-electron chi connectivity index (χ3n) is 1.34. The molecule has 2 N–H and O–H groups in total. The molecular weight excluding hydrogens is 146 g/mol. The minimum atomic E-state index is -1.58. The van der Waals surface area contributed by atoms with E-state index in [9.17, 15) is 0 Å². The summed E-state index contributed by atoms with van der Waals surface area (Å²) in [5.41, 5.74) is 0. The van der Waals surface area contributed by atoms with Crippen molar-refractivity contribution < 1.29 is 15.0 Å². The summed E-state index contributed by atoms with van der Waals surface area (Å²) < 4.78 is 5.56. The van der Waals surface area contributed by atoms with Crippen molar-refractivity contribution in [1.29, 1.82) is 1.43 Å². The zero-order chi connectivity index (χ0) is 9.98. The molecule has 0 saturated carbocycles. The lowest BCUT2D eigenvalue weighted by Gasteiger charge is -2.13. The SMILES string of the molecule is CCN(CC)CC.[3H]OC(=O)O. The van der Waals surface area contributed by atoms with Gasteiger partial charge in [0.2, 0.25) is 0 Å². The van der Waals surface area contributed by atoms with Crippen LogP contribution in [0.1, 0.15) is 20.8 Å². The summed E-state index contributed by atoms with van der Waals surface area (Å²) in [5, 5.41) is 10.2. The molecule has 0 radical (unpaired) electrons. The molecule has 0 heterocycles. The number of carboxylic acid groups (broad SMARTS) is 2. The van der Waals surface area contributed by atoms with E-state index in [4.69, 9.17) is 11.3 Å². The molecular formula is C7H17NO3. The zero-order valence-electron chi connectivity index (χ0n) is 8.33. The molecule has 4 nitrogen and oxygen atoms in total. The smallest absolute Gasteiger partial charge is 0.450 e. The van der Waals surface area contributed by atoms with Gasteiger partial charge in [0.25, 0.3) is 0 Å². The van der Waals surface area contributed by atoms with Gasteiger partial charge < -0.3 is 15.1 Å². The van der Waals surface area contributed by atoms with Crippen LogP contribution >= 0.6 is 0 Å². The van der Waals surface area contributed by atoms with Crippen LogP contribution in [0.3, 0.4) is 0 Å². The Morgan fingerprint density at radius 1 is 1.36 bits per heavy atom. The number of rotatable bonds is 3.